The van der Waals surface area contributed by atoms with Gasteiger partial charge in [0, 0.05) is 37.2 Å². The Kier molecular flexibility index (Phi) is 6.07. The van der Waals surface area contributed by atoms with E-state index >= 15 is 0 Å². The number of H-pyrrole nitrogens is 1. The predicted octanol–water partition coefficient (Wildman–Crippen LogP) is 3.21. The van der Waals surface area contributed by atoms with Gasteiger partial charge >= 0.3 is 0 Å². The summed E-state index contributed by atoms with van der Waals surface area (Å²) in [6.07, 6.45) is 2.66. The maximum atomic E-state index is 12.9. The first-order valence-electron chi connectivity index (χ1n) is 9.62. The number of methoxy groups -OCH3 is 1. The Balaban J connectivity index is 1.62. The zero-order valence-electron chi connectivity index (χ0n) is 16.5. The van der Waals surface area contributed by atoms with E-state index in [1.165, 1.54) is 0 Å². The first-order chi connectivity index (χ1) is 12.9. The first kappa shape index (κ1) is 19.7. The molecule has 0 radical (unpaired) electrons. The summed E-state index contributed by atoms with van der Waals surface area (Å²) in [6.45, 7) is 6.20. The molecule has 27 heavy (non-hydrogen) atoms. The molecule has 6 nitrogen and oxygen atoms in total. The van der Waals surface area contributed by atoms with Crippen molar-refractivity contribution < 1.29 is 19.4 Å². The fourth-order valence-corrected chi connectivity index (χ4v) is 3.77. The molecule has 2 aromatic rings. The predicted molar refractivity (Wildman–Crippen MR) is 105 cm³/mol. The maximum Gasteiger partial charge on any atom is 0.270 e. The van der Waals surface area contributed by atoms with Crippen molar-refractivity contribution in [1.82, 2.24) is 9.88 Å². The van der Waals surface area contributed by atoms with Crippen LogP contribution in [-0.2, 0) is 4.74 Å². The van der Waals surface area contributed by atoms with Crippen LogP contribution >= 0.6 is 0 Å². The van der Waals surface area contributed by atoms with Gasteiger partial charge in [0.2, 0.25) is 0 Å². The van der Waals surface area contributed by atoms with Gasteiger partial charge in [-0.2, -0.15) is 0 Å². The van der Waals surface area contributed by atoms with E-state index in [-0.39, 0.29) is 5.91 Å². The van der Waals surface area contributed by atoms with Gasteiger partial charge in [-0.1, -0.05) is 0 Å². The number of carbonyl (C=O) groups is 1. The topological polar surface area (TPSA) is 74.8 Å². The highest BCUT2D eigenvalue weighted by Gasteiger charge is 2.28. The molecule has 2 heterocycles. The SMILES string of the molecule is COCCOc1ccc2cc(C(=O)N3CCC(CC(C)(C)O)CC3)[nH]c2c1. The second kappa shape index (κ2) is 8.31. The minimum atomic E-state index is -0.642. The Morgan fingerprint density at radius 2 is 2.00 bits per heavy atom. The minimum Gasteiger partial charge on any atom is -0.491 e. The standard InChI is InChI=1S/C21H30N2O4/c1-21(2,25)14-15-6-8-23(9-7-15)20(24)19-12-16-4-5-17(13-18(16)22-19)27-11-10-26-3/h4-5,12-13,15,22,25H,6-11,14H2,1-3H3. The van der Waals surface area contributed by atoms with E-state index in [0.29, 0.717) is 24.8 Å². The molecule has 1 aromatic heterocycles. The molecule has 1 aromatic carbocycles. The number of amides is 1. The van der Waals surface area contributed by atoms with E-state index in [1.54, 1.807) is 7.11 Å². The third-order valence-electron chi connectivity index (χ3n) is 5.07. The summed E-state index contributed by atoms with van der Waals surface area (Å²) in [5, 5.41) is 11.0. The van der Waals surface area contributed by atoms with Crippen LogP contribution in [0.25, 0.3) is 10.9 Å². The van der Waals surface area contributed by atoms with Gasteiger partial charge in [0.1, 0.15) is 18.1 Å². The van der Waals surface area contributed by atoms with Gasteiger partial charge in [0.15, 0.2) is 0 Å². The number of hydrogen-bond acceptors (Lipinski definition) is 4. The highest BCUT2D eigenvalue weighted by molar-refractivity contribution is 5.98. The number of aromatic nitrogens is 1. The molecule has 0 unspecified atom stereocenters. The number of fused-ring (bicyclic) bond motifs is 1. The van der Waals surface area contributed by atoms with Crippen LogP contribution in [0, 0.1) is 5.92 Å². The summed E-state index contributed by atoms with van der Waals surface area (Å²) < 4.78 is 10.6. The number of piperidine rings is 1. The number of hydrogen-bond donors (Lipinski definition) is 2. The van der Waals surface area contributed by atoms with Crippen molar-refractivity contribution in [2.75, 3.05) is 33.4 Å². The number of aliphatic hydroxyl groups is 1. The number of ether oxygens (including phenoxy) is 2. The average Bonchev–Trinajstić information content (AvgIpc) is 3.04. The molecule has 0 atom stereocenters. The molecule has 3 rings (SSSR count). The molecule has 1 saturated heterocycles. The summed E-state index contributed by atoms with van der Waals surface area (Å²) in [5.41, 5.74) is 0.863. The molecule has 6 heteroatoms. The summed E-state index contributed by atoms with van der Waals surface area (Å²) in [7, 11) is 1.64. The maximum absolute atomic E-state index is 12.9. The van der Waals surface area contributed by atoms with Crippen LogP contribution in [0.15, 0.2) is 24.3 Å². The highest BCUT2D eigenvalue weighted by atomic mass is 16.5. The third-order valence-corrected chi connectivity index (χ3v) is 5.07. The van der Waals surface area contributed by atoms with Gasteiger partial charge in [-0.15, -0.1) is 0 Å². The normalized spacial score (nSPS) is 16.1. The second-order valence-corrected chi connectivity index (χ2v) is 8.03. The summed E-state index contributed by atoms with van der Waals surface area (Å²) >= 11 is 0. The van der Waals surface area contributed by atoms with Gasteiger partial charge < -0.3 is 24.5 Å². The number of carbonyl (C=O) groups excluding carboxylic acids is 1. The molecule has 2 N–H and O–H groups in total. The molecule has 1 aliphatic rings. The van der Waals surface area contributed by atoms with Crippen LogP contribution in [0.3, 0.4) is 0 Å². The molecule has 0 spiro atoms. The Morgan fingerprint density at radius 3 is 2.67 bits per heavy atom. The Morgan fingerprint density at radius 1 is 1.26 bits per heavy atom. The van der Waals surface area contributed by atoms with Crippen molar-refractivity contribution in [2.45, 2.75) is 38.7 Å². The lowest BCUT2D eigenvalue weighted by Crippen LogP contribution is -2.40. The number of aromatic amines is 1. The van der Waals surface area contributed by atoms with E-state index in [2.05, 4.69) is 4.98 Å². The molecule has 0 saturated carbocycles. The molecule has 0 aliphatic carbocycles. The van der Waals surface area contributed by atoms with Crippen molar-refractivity contribution in [2.24, 2.45) is 5.92 Å². The second-order valence-electron chi connectivity index (χ2n) is 8.03. The van der Waals surface area contributed by atoms with E-state index in [4.69, 9.17) is 9.47 Å². The zero-order valence-corrected chi connectivity index (χ0v) is 16.5. The van der Waals surface area contributed by atoms with Crippen LogP contribution in [-0.4, -0.2) is 59.9 Å². The number of nitrogens with one attached hydrogen (secondary N) is 1. The number of rotatable bonds is 7. The van der Waals surface area contributed by atoms with Crippen LogP contribution in [0.4, 0.5) is 0 Å². The number of benzene rings is 1. The van der Waals surface area contributed by atoms with Gasteiger partial charge in [-0.25, -0.2) is 0 Å². The van der Waals surface area contributed by atoms with Gasteiger partial charge in [0.25, 0.3) is 5.91 Å². The van der Waals surface area contributed by atoms with Crippen molar-refractivity contribution in [3.8, 4) is 5.75 Å². The zero-order chi connectivity index (χ0) is 19.4. The lowest BCUT2D eigenvalue weighted by Gasteiger charge is -2.34. The van der Waals surface area contributed by atoms with Crippen LogP contribution in [0.1, 0.15) is 43.6 Å². The van der Waals surface area contributed by atoms with Gasteiger partial charge in [-0.3, -0.25) is 4.79 Å². The Hall–Kier alpha value is -2.05. The lowest BCUT2D eigenvalue weighted by molar-refractivity contribution is 0.0357. The number of likely N-dealkylation sites (tertiary alicyclic amines) is 1. The average molecular weight is 374 g/mol. The quantitative estimate of drug-likeness (QED) is 0.730. The first-order valence-corrected chi connectivity index (χ1v) is 9.62. The van der Waals surface area contributed by atoms with Gasteiger partial charge in [0.05, 0.1) is 12.2 Å². The van der Waals surface area contributed by atoms with E-state index in [9.17, 15) is 9.90 Å². The van der Waals surface area contributed by atoms with E-state index < -0.39 is 5.60 Å². The molecule has 0 bridgehead atoms. The minimum absolute atomic E-state index is 0.0368. The molecule has 1 aliphatic heterocycles. The molecular formula is C21H30N2O4. The van der Waals surface area contributed by atoms with Crippen molar-refractivity contribution in [3.63, 3.8) is 0 Å². The largest absolute Gasteiger partial charge is 0.491 e. The fraction of sp³-hybridized carbons (Fsp3) is 0.571. The fourth-order valence-electron chi connectivity index (χ4n) is 3.77. The monoisotopic (exact) mass is 374 g/mol. The summed E-state index contributed by atoms with van der Waals surface area (Å²) in [5.74, 6) is 1.27. The molecule has 148 valence electrons. The van der Waals surface area contributed by atoms with Gasteiger partial charge in [-0.05, 0) is 57.2 Å². The van der Waals surface area contributed by atoms with Crippen LogP contribution in [0.5, 0.6) is 5.75 Å². The van der Waals surface area contributed by atoms with Crippen molar-refractivity contribution in [3.05, 3.63) is 30.0 Å². The smallest absolute Gasteiger partial charge is 0.270 e. The van der Waals surface area contributed by atoms with E-state index in [1.807, 2.05) is 43.0 Å². The van der Waals surface area contributed by atoms with E-state index in [0.717, 1.165) is 49.0 Å². The lowest BCUT2D eigenvalue weighted by atomic mass is 9.86. The summed E-state index contributed by atoms with van der Waals surface area (Å²) in [6, 6.07) is 7.68. The molecular weight excluding hydrogens is 344 g/mol. The Labute approximate surface area is 160 Å². The van der Waals surface area contributed by atoms with Crippen molar-refractivity contribution in [1.29, 1.82) is 0 Å². The number of nitrogens with zero attached hydrogens (tertiary/aromatic N) is 1. The molecule has 1 fully saturated rings. The van der Waals surface area contributed by atoms with Crippen LogP contribution < -0.4 is 4.74 Å². The highest BCUT2D eigenvalue weighted by Crippen LogP contribution is 2.28. The Bertz CT molecular complexity index is 770. The third kappa shape index (κ3) is 5.23. The van der Waals surface area contributed by atoms with Crippen LogP contribution in [0.2, 0.25) is 0 Å². The van der Waals surface area contributed by atoms with Crippen molar-refractivity contribution >= 4 is 16.8 Å². The summed E-state index contributed by atoms with van der Waals surface area (Å²) in [4.78, 5) is 18.0. The molecule has 1 amide bonds.